The third-order valence-corrected chi connectivity index (χ3v) is 19.0. The molecule has 101 heavy (non-hydrogen) atoms. The minimum atomic E-state index is -1.70. The lowest BCUT2D eigenvalue weighted by Gasteiger charge is -2.38. The SMILES string of the molecule is CC[C@H](C)[C@@H]1NC(=O)[C@H](Cc2ccccc2)N(C)C(=O)CN(C)C(=O)C[C@@H](C(=O)N2CCCCC2)NC(=O)[C@H](C(C)C)N(C)C(=O)[C@H](COC(C)(C)C)NC(=O)[C@H](CC(C)C)N(C)C(=O)[C@H](Cc2ccccc2)N(C)C(=O)CN(C)C(=O)[C@H]([C@@H](C)O)NC(=O)[C@H](Cc2ccccc2)N(C)C1=O. The number of likely N-dealkylation sites (N-methyl/N-ethyl adjacent to an activating group) is 7. The molecule has 556 valence electrons. The van der Waals surface area contributed by atoms with Gasteiger partial charge in [-0.25, -0.2) is 0 Å². The highest BCUT2D eigenvalue weighted by Gasteiger charge is 2.44. The summed E-state index contributed by atoms with van der Waals surface area (Å²) in [4.78, 5) is 189. The number of hydrogen-bond donors (Lipinski definition) is 5. The second kappa shape index (κ2) is 38.3. The minimum Gasteiger partial charge on any atom is -0.391 e. The molecule has 2 aliphatic rings. The summed E-state index contributed by atoms with van der Waals surface area (Å²) in [5.74, 6) is -10.5. The van der Waals surface area contributed by atoms with Crippen molar-refractivity contribution in [2.45, 2.75) is 193 Å². The predicted octanol–water partition coefficient (Wildman–Crippen LogP) is 3.07. The van der Waals surface area contributed by atoms with Crippen LogP contribution >= 0.6 is 0 Å². The van der Waals surface area contributed by atoms with Crippen molar-refractivity contribution >= 4 is 70.9 Å². The van der Waals surface area contributed by atoms with Crippen LogP contribution in [-0.4, -0.2) is 263 Å². The maximum atomic E-state index is 15.3. The van der Waals surface area contributed by atoms with Gasteiger partial charge in [0.05, 0.1) is 37.8 Å². The maximum absolute atomic E-state index is 15.3. The molecule has 2 aliphatic heterocycles. The minimum absolute atomic E-state index is 0.0561. The topological polar surface area (TPSA) is 308 Å². The van der Waals surface area contributed by atoms with Crippen molar-refractivity contribution in [2.75, 3.05) is 82.1 Å². The monoisotopic (exact) mass is 1400 g/mol. The standard InChI is InChI=1S/C75H112N12O14/c1-18-49(6)63-74(100)85(16)58(41-52-33-25-20-26-34-52)68(94)79-64(50(7)88)73(99)81(12)45-62(91)83(14)59(42-53-35-27-21-28-36-53)72(98)84(15)56(39-47(2)3)66(92)77-55(46-101-75(8,9)10)70(96)86(17)65(48(4)5)69(95)76-54(71(97)87-37-29-22-30-38-87)43-60(89)80(11)44-61(90)82(13)57(67(93)78-63)40-51-31-23-19-24-32-51/h19-21,23-28,31-36,47-50,54-59,63-65,88H,18,22,29-30,37-46H2,1-17H3,(H,76,95)(H,77,92)(H,78,93)(H,79,94)/t49-,50+,54-,55-,56-,57-,58-,59-,63-,64-,65-/m0/s1. The number of rotatable bonds is 15. The van der Waals surface area contributed by atoms with Crippen LogP contribution in [0.4, 0.5) is 0 Å². The first-order valence-electron chi connectivity index (χ1n) is 35.2. The van der Waals surface area contributed by atoms with Gasteiger partial charge in [0.2, 0.25) is 70.9 Å². The van der Waals surface area contributed by atoms with Crippen molar-refractivity contribution in [1.29, 1.82) is 0 Å². The number of carbonyl (C=O) groups is 12. The van der Waals surface area contributed by atoms with E-state index in [2.05, 4.69) is 21.3 Å². The first kappa shape index (κ1) is 82.9. The lowest BCUT2D eigenvalue weighted by atomic mass is 9.95. The number of aliphatic hydroxyl groups excluding tert-OH is 1. The lowest BCUT2D eigenvalue weighted by Crippen LogP contribution is -2.62. The first-order valence-corrected chi connectivity index (χ1v) is 35.2. The van der Waals surface area contributed by atoms with Crippen LogP contribution in [0.15, 0.2) is 91.0 Å². The van der Waals surface area contributed by atoms with Crippen LogP contribution in [0.3, 0.4) is 0 Å². The van der Waals surface area contributed by atoms with E-state index < -0.39 is 175 Å². The predicted molar refractivity (Wildman–Crippen MR) is 382 cm³/mol. The largest absolute Gasteiger partial charge is 0.391 e. The highest BCUT2D eigenvalue weighted by molar-refractivity contribution is 6.00. The first-order chi connectivity index (χ1) is 47.5. The number of piperidine rings is 1. The third-order valence-electron chi connectivity index (χ3n) is 19.0. The molecule has 5 rings (SSSR count). The summed E-state index contributed by atoms with van der Waals surface area (Å²) in [6.45, 7) is 16.2. The Morgan fingerprint density at radius 3 is 1.42 bits per heavy atom. The van der Waals surface area contributed by atoms with E-state index in [1.54, 1.807) is 137 Å². The Balaban J connectivity index is 1.68. The van der Waals surface area contributed by atoms with Gasteiger partial charge in [0.25, 0.3) is 0 Å². The quantitative estimate of drug-likeness (QED) is 0.146. The van der Waals surface area contributed by atoms with E-state index in [1.807, 2.05) is 20.8 Å². The Labute approximate surface area is 596 Å². The molecule has 0 radical (unpaired) electrons. The van der Waals surface area contributed by atoms with Crippen molar-refractivity contribution < 1.29 is 67.4 Å². The van der Waals surface area contributed by atoms with Gasteiger partial charge in [-0.3, -0.25) is 57.5 Å². The molecule has 26 heteroatoms. The molecule has 5 N–H and O–H groups in total. The maximum Gasteiger partial charge on any atom is 0.248 e. The molecule has 0 unspecified atom stereocenters. The summed E-state index contributed by atoms with van der Waals surface area (Å²) < 4.78 is 6.18. The van der Waals surface area contributed by atoms with Crippen LogP contribution in [0.2, 0.25) is 0 Å². The molecular weight excluding hydrogens is 1290 g/mol. The summed E-state index contributed by atoms with van der Waals surface area (Å²) in [5.41, 5.74) is 1.03. The number of amides is 12. The summed E-state index contributed by atoms with van der Waals surface area (Å²) in [7, 11) is 9.60. The number of nitrogens with one attached hydrogen (secondary N) is 4. The van der Waals surface area contributed by atoms with Crippen molar-refractivity contribution in [3.05, 3.63) is 108 Å². The van der Waals surface area contributed by atoms with Gasteiger partial charge in [0, 0.05) is 81.7 Å². The second-order valence-electron chi connectivity index (χ2n) is 29.0. The van der Waals surface area contributed by atoms with Gasteiger partial charge in [-0.05, 0) is 87.8 Å². The number of nitrogens with zero attached hydrogens (tertiary/aromatic N) is 8. The summed E-state index contributed by atoms with van der Waals surface area (Å²) in [6.07, 6.45) is 0.173. The van der Waals surface area contributed by atoms with Crippen LogP contribution < -0.4 is 21.3 Å². The van der Waals surface area contributed by atoms with Crippen molar-refractivity contribution in [3.63, 3.8) is 0 Å². The van der Waals surface area contributed by atoms with Crippen LogP contribution in [0.25, 0.3) is 0 Å². The Morgan fingerprint density at radius 1 is 0.505 bits per heavy atom. The highest BCUT2D eigenvalue weighted by atomic mass is 16.5. The molecule has 2 heterocycles. The van der Waals surface area contributed by atoms with Crippen molar-refractivity contribution in [1.82, 2.24) is 60.5 Å². The Hall–Kier alpha value is -8.78. The summed E-state index contributed by atoms with van der Waals surface area (Å²) in [5, 5.41) is 22.6. The molecule has 12 amide bonds. The molecule has 3 aromatic carbocycles. The van der Waals surface area contributed by atoms with E-state index in [1.165, 1.54) is 75.9 Å². The van der Waals surface area contributed by atoms with Crippen LogP contribution in [0.5, 0.6) is 0 Å². The van der Waals surface area contributed by atoms with E-state index in [4.69, 9.17) is 4.74 Å². The zero-order chi connectivity index (χ0) is 75.3. The van der Waals surface area contributed by atoms with Gasteiger partial charge in [-0.1, -0.05) is 139 Å². The van der Waals surface area contributed by atoms with Crippen LogP contribution in [0, 0.1) is 17.8 Å². The van der Waals surface area contributed by atoms with Gasteiger partial charge in [-0.2, -0.15) is 0 Å². The summed E-state index contributed by atoms with van der Waals surface area (Å²) >= 11 is 0. The molecule has 0 aliphatic carbocycles. The number of hydrogen-bond acceptors (Lipinski definition) is 14. The van der Waals surface area contributed by atoms with Crippen LogP contribution in [0.1, 0.15) is 124 Å². The van der Waals surface area contributed by atoms with E-state index >= 15 is 33.6 Å². The van der Waals surface area contributed by atoms with Gasteiger partial charge >= 0.3 is 0 Å². The summed E-state index contributed by atoms with van der Waals surface area (Å²) in [6, 6.07) is 13.8. The molecule has 26 nitrogen and oxygen atoms in total. The molecule has 0 bridgehead atoms. The van der Waals surface area contributed by atoms with Gasteiger partial charge < -0.3 is 70.3 Å². The zero-order valence-corrected chi connectivity index (χ0v) is 62.4. The molecule has 11 atom stereocenters. The Morgan fingerprint density at radius 2 is 0.950 bits per heavy atom. The van der Waals surface area contributed by atoms with Gasteiger partial charge in [0.1, 0.15) is 54.4 Å². The lowest BCUT2D eigenvalue weighted by molar-refractivity contribution is -0.151. The van der Waals surface area contributed by atoms with E-state index in [0.717, 1.165) is 21.1 Å². The fourth-order valence-electron chi connectivity index (χ4n) is 12.5. The molecule has 0 aromatic heterocycles. The average Bonchev–Trinajstić information content (AvgIpc) is 0.824. The van der Waals surface area contributed by atoms with Crippen molar-refractivity contribution in [3.8, 4) is 0 Å². The number of likely N-dealkylation sites (tertiary alicyclic amines) is 1. The van der Waals surface area contributed by atoms with Crippen molar-refractivity contribution in [2.24, 2.45) is 17.8 Å². The smallest absolute Gasteiger partial charge is 0.248 e. The number of aliphatic hydroxyl groups is 1. The molecular formula is C75H112N12O14. The molecule has 3 aromatic rings. The molecule has 0 saturated carbocycles. The fraction of sp³-hybridized carbons (Fsp3) is 0.600. The van der Waals surface area contributed by atoms with Gasteiger partial charge in [-0.15, -0.1) is 0 Å². The Kier molecular flexibility index (Phi) is 31.4. The van der Waals surface area contributed by atoms with E-state index in [-0.39, 0.29) is 31.6 Å². The average molecular weight is 1410 g/mol. The van der Waals surface area contributed by atoms with Gasteiger partial charge in [0.15, 0.2) is 0 Å². The second-order valence-corrected chi connectivity index (χ2v) is 29.0. The van der Waals surface area contributed by atoms with E-state index in [0.29, 0.717) is 49.0 Å². The zero-order valence-electron chi connectivity index (χ0n) is 62.4. The number of ether oxygens (including phenoxy) is 1. The molecule has 2 fully saturated rings. The number of benzene rings is 3. The number of carbonyl (C=O) groups excluding carboxylic acids is 12. The molecule has 2 saturated heterocycles. The van der Waals surface area contributed by atoms with E-state index in [9.17, 15) is 29.1 Å². The Bertz CT molecular complexity index is 3310. The normalized spacial score (nSPS) is 24.5. The highest BCUT2D eigenvalue weighted by Crippen LogP contribution is 2.23. The molecule has 0 spiro atoms. The third kappa shape index (κ3) is 23.7. The fourth-order valence-corrected chi connectivity index (χ4v) is 12.5. The van der Waals surface area contributed by atoms with Crippen LogP contribution in [-0.2, 0) is 81.5 Å².